The van der Waals surface area contributed by atoms with Crippen LogP contribution in [0, 0.1) is 0 Å². The molecule has 0 aliphatic carbocycles. The Morgan fingerprint density at radius 1 is 1.44 bits per heavy atom. The standard InChI is InChI=1S/C12H16N2O2/c15-9-14-6-5-13-8-11(14)7-10-1-3-12(16)4-2-10/h1-4,9,11,13,16H,5-8H2. The lowest BCUT2D eigenvalue weighted by molar-refractivity contribution is -0.120. The maximum Gasteiger partial charge on any atom is 0.210 e. The largest absolute Gasteiger partial charge is 0.508 e. The third kappa shape index (κ3) is 2.52. The van der Waals surface area contributed by atoms with Crippen molar-refractivity contribution in [3.63, 3.8) is 0 Å². The SMILES string of the molecule is O=CN1CCNCC1Cc1ccc(O)cc1. The summed E-state index contributed by atoms with van der Waals surface area (Å²) >= 11 is 0. The highest BCUT2D eigenvalue weighted by Crippen LogP contribution is 2.13. The van der Waals surface area contributed by atoms with Gasteiger partial charge in [-0.05, 0) is 24.1 Å². The van der Waals surface area contributed by atoms with E-state index in [4.69, 9.17) is 0 Å². The van der Waals surface area contributed by atoms with Gasteiger partial charge in [0, 0.05) is 25.7 Å². The van der Waals surface area contributed by atoms with Crippen LogP contribution in [0.2, 0.25) is 0 Å². The van der Waals surface area contributed by atoms with Crippen LogP contribution >= 0.6 is 0 Å². The number of nitrogens with one attached hydrogen (secondary N) is 1. The predicted molar refractivity (Wildman–Crippen MR) is 61.2 cm³/mol. The van der Waals surface area contributed by atoms with Crippen molar-refractivity contribution < 1.29 is 9.90 Å². The van der Waals surface area contributed by atoms with Crippen LogP contribution in [0.5, 0.6) is 5.75 Å². The van der Waals surface area contributed by atoms with E-state index in [1.807, 2.05) is 17.0 Å². The van der Waals surface area contributed by atoms with Crippen LogP contribution in [0.1, 0.15) is 5.56 Å². The molecule has 1 aliphatic heterocycles. The molecule has 1 aliphatic rings. The van der Waals surface area contributed by atoms with Crippen molar-refractivity contribution in [1.82, 2.24) is 10.2 Å². The van der Waals surface area contributed by atoms with Gasteiger partial charge >= 0.3 is 0 Å². The highest BCUT2D eigenvalue weighted by atomic mass is 16.3. The fraction of sp³-hybridized carbons (Fsp3) is 0.417. The molecule has 1 saturated heterocycles. The van der Waals surface area contributed by atoms with Crippen molar-refractivity contribution in [2.75, 3.05) is 19.6 Å². The number of rotatable bonds is 3. The Morgan fingerprint density at radius 2 is 2.19 bits per heavy atom. The average molecular weight is 220 g/mol. The molecular weight excluding hydrogens is 204 g/mol. The Labute approximate surface area is 94.9 Å². The molecule has 1 unspecified atom stereocenters. The first-order chi connectivity index (χ1) is 7.79. The van der Waals surface area contributed by atoms with Gasteiger partial charge in [0.15, 0.2) is 0 Å². The van der Waals surface area contributed by atoms with E-state index in [9.17, 15) is 9.90 Å². The zero-order valence-electron chi connectivity index (χ0n) is 9.10. The van der Waals surface area contributed by atoms with Gasteiger partial charge in [-0.15, -0.1) is 0 Å². The maximum atomic E-state index is 10.9. The first-order valence-electron chi connectivity index (χ1n) is 5.49. The molecule has 4 nitrogen and oxygen atoms in total. The number of amides is 1. The molecule has 0 saturated carbocycles. The van der Waals surface area contributed by atoms with Crippen molar-refractivity contribution >= 4 is 6.41 Å². The Hall–Kier alpha value is -1.55. The molecule has 1 atom stereocenters. The van der Waals surface area contributed by atoms with E-state index in [0.29, 0.717) is 0 Å². The topological polar surface area (TPSA) is 52.6 Å². The number of piperazine rings is 1. The number of hydrogen-bond donors (Lipinski definition) is 2. The van der Waals surface area contributed by atoms with Crippen LogP contribution in [0.15, 0.2) is 24.3 Å². The average Bonchev–Trinajstić information content (AvgIpc) is 2.33. The summed E-state index contributed by atoms with van der Waals surface area (Å²) in [6, 6.07) is 7.36. The van der Waals surface area contributed by atoms with Crippen LogP contribution < -0.4 is 5.32 Å². The minimum atomic E-state index is 0.218. The second-order valence-corrected chi connectivity index (χ2v) is 4.07. The molecule has 0 aromatic heterocycles. The van der Waals surface area contributed by atoms with Gasteiger partial charge in [0.1, 0.15) is 5.75 Å². The molecule has 1 fully saturated rings. The molecule has 1 amide bonds. The molecular formula is C12H16N2O2. The van der Waals surface area contributed by atoms with E-state index < -0.39 is 0 Å². The van der Waals surface area contributed by atoms with E-state index in [1.165, 1.54) is 0 Å². The van der Waals surface area contributed by atoms with E-state index >= 15 is 0 Å². The Morgan fingerprint density at radius 3 is 2.88 bits per heavy atom. The zero-order chi connectivity index (χ0) is 11.4. The molecule has 1 heterocycles. The summed E-state index contributed by atoms with van der Waals surface area (Å²) < 4.78 is 0. The molecule has 16 heavy (non-hydrogen) atoms. The van der Waals surface area contributed by atoms with Crippen LogP contribution in [0.3, 0.4) is 0 Å². The van der Waals surface area contributed by atoms with Crippen molar-refractivity contribution in [1.29, 1.82) is 0 Å². The van der Waals surface area contributed by atoms with Crippen LogP contribution in [0.4, 0.5) is 0 Å². The van der Waals surface area contributed by atoms with Crippen molar-refractivity contribution in [2.45, 2.75) is 12.5 Å². The fourth-order valence-corrected chi connectivity index (χ4v) is 2.01. The second kappa shape index (κ2) is 4.99. The molecule has 2 N–H and O–H groups in total. The number of nitrogens with zero attached hydrogens (tertiary/aromatic N) is 1. The first kappa shape index (κ1) is 11.0. The summed E-state index contributed by atoms with van der Waals surface area (Å²) in [5.74, 6) is 0.276. The number of hydrogen-bond acceptors (Lipinski definition) is 3. The molecule has 4 heteroatoms. The summed E-state index contributed by atoms with van der Waals surface area (Å²) in [6.07, 6.45) is 1.75. The molecule has 0 radical (unpaired) electrons. The minimum absolute atomic E-state index is 0.218. The lowest BCUT2D eigenvalue weighted by Gasteiger charge is -2.33. The monoisotopic (exact) mass is 220 g/mol. The Kier molecular flexibility index (Phi) is 3.41. The van der Waals surface area contributed by atoms with E-state index in [2.05, 4.69) is 5.32 Å². The van der Waals surface area contributed by atoms with Gasteiger partial charge in [-0.3, -0.25) is 4.79 Å². The van der Waals surface area contributed by atoms with Gasteiger partial charge in [0.25, 0.3) is 0 Å². The summed E-state index contributed by atoms with van der Waals surface area (Å²) in [5, 5.41) is 12.5. The molecule has 0 bridgehead atoms. The smallest absolute Gasteiger partial charge is 0.210 e. The van der Waals surface area contributed by atoms with Gasteiger partial charge in [0.05, 0.1) is 0 Å². The normalized spacial score (nSPS) is 20.8. The van der Waals surface area contributed by atoms with Crippen LogP contribution in [-0.4, -0.2) is 42.1 Å². The minimum Gasteiger partial charge on any atom is -0.508 e. The summed E-state index contributed by atoms with van der Waals surface area (Å²) in [7, 11) is 0. The highest BCUT2D eigenvalue weighted by Gasteiger charge is 2.20. The van der Waals surface area contributed by atoms with Gasteiger partial charge in [-0.2, -0.15) is 0 Å². The Bertz CT molecular complexity index is 351. The van der Waals surface area contributed by atoms with E-state index in [-0.39, 0.29) is 11.8 Å². The summed E-state index contributed by atoms with van der Waals surface area (Å²) in [4.78, 5) is 12.7. The van der Waals surface area contributed by atoms with Crippen molar-refractivity contribution in [3.05, 3.63) is 29.8 Å². The zero-order valence-corrected chi connectivity index (χ0v) is 9.10. The number of benzene rings is 1. The summed E-state index contributed by atoms with van der Waals surface area (Å²) in [6.45, 7) is 2.47. The van der Waals surface area contributed by atoms with Gasteiger partial charge in [-0.1, -0.05) is 12.1 Å². The number of phenols is 1. The van der Waals surface area contributed by atoms with Crippen molar-refractivity contribution in [3.8, 4) is 5.75 Å². The maximum absolute atomic E-state index is 10.9. The first-order valence-corrected chi connectivity index (χ1v) is 5.49. The number of phenolic OH excluding ortho intramolecular Hbond substituents is 1. The second-order valence-electron chi connectivity index (χ2n) is 4.07. The van der Waals surface area contributed by atoms with E-state index in [1.54, 1.807) is 12.1 Å². The van der Waals surface area contributed by atoms with Gasteiger partial charge in [-0.25, -0.2) is 0 Å². The third-order valence-electron chi connectivity index (χ3n) is 2.94. The van der Waals surface area contributed by atoms with Crippen LogP contribution in [-0.2, 0) is 11.2 Å². The Balaban J connectivity index is 2.02. The third-order valence-corrected chi connectivity index (χ3v) is 2.94. The van der Waals surface area contributed by atoms with Crippen molar-refractivity contribution in [2.24, 2.45) is 0 Å². The van der Waals surface area contributed by atoms with Crippen LogP contribution in [0.25, 0.3) is 0 Å². The molecule has 0 spiro atoms. The molecule has 86 valence electrons. The predicted octanol–water partition coefficient (Wildman–Crippen LogP) is 0.365. The number of carbonyl (C=O) groups is 1. The fourth-order valence-electron chi connectivity index (χ4n) is 2.01. The molecule has 1 aromatic carbocycles. The lowest BCUT2D eigenvalue weighted by Crippen LogP contribution is -2.51. The lowest BCUT2D eigenvalue weighted by atomic mass is 10.0. The van der Waals surface area contributed by atoms with Gasteiger partial charge < -0.3 is 15.3 Å². The highest BCUT2D eigenvalue weighted by molar-refractivity contribution is 5.48. The number of aromatic hydroxyl groups is 1. The number of carbonyl (C=O) groups excluding carboxylic acids is 1. The molecule has 1 aromatic rings. The summed E-state index contributed by atoms with van der Waals surface area (Å²) in [5.41, 5.74) is 1.14. The molecule has 2 rings (SSSR count). The quantitative estimate of drug-likeness (QED) is 0.723. The van der Waals surface area contributed by atoms with Gasteiger partial charge in [0.2, 0.25) is 6.41 Å². The van der Waals surface area contributed by atoms with E-state index in [0.717, 1.165) is 38.0 Å².